The molecule has 0 fully saturated rings. The lowest BCUT2D eigenvalue weighted by atomic mass is 10.0. The van der Waals surface area contributed by atoms with Crippen LogP contribution < -0.4 is 4.74 Å². The van der Waals surface area contributed by atoms with E-state index in [0.29, 0.717) is 13.2 Å². The fourth-order valence-corrected chi connectivity index (χ4v) is 1.97. The van der Waals surface area contributed by atoms with Crippen molar-refractivity contribution < 1.29 is 24.2 Å². The van der Waals surface area contributed by atoms with E-state index in [1.165, 1.54) is 0 Å². The Morgan fingerprint density at radius 2 is 1.74 bits per heavy atom. The van der Waals surface area contributed by atoms with Crippen molar-refractivity contribution in [3.8, 4) is 5.75 Å². The van der Waals surface area contributed by atoms with Gasteiger partial charge in [-0.3, -0.25) is 4.79 Å². The van der Waals surface area contributed by atoms with Gasteiger partial charge in [0.15, 0.2) is 0 Å². The third kappa shape index (κ3) is 7.49. The Morgan fingerprint density at radius 1 is 1.13 bits per heavy atom. The Hall–Kier alpha value is -2.30. The van der Waals surface area contributed by atoms with Gasteiger partial charge in [0, 0.05) is 6.08 Å². The minimum atomic E-state index is -0.836. The molecule has 1 rings (SSSR count). The van der Waals surface area contributed by atoms with Gasteiger partial charge in [0.05, 0.1) is 19.1 Å². The fraction of sp³-hybridized carbons (Fsp3) is 0.444. The van der Waals surface area contributed by atoms with Crippen molar-refractivity contribution >= 4 is 11.9 Å². The first kappa shape index (κ1) is 18.7. The second kappa shape index (κ2) is 10.4. The number of ether oxygens (including phenoxy) is 2. The molecule has 0 bridgehead atoms. The Morgan fingerprint density at radius 3 is 2.30 bits per heavy atom. The highest BCUT2D eigenvalue weighted by atomic mass is 16.5. The molecule has 0 heterocycles. The molecule has 23 heavy (non-hydrogen) atoms. The molecule has 5 heteroatoms. The van der Waals surface area contributed by atoms with Crippen LogP contribution in [0.3, 0.4) is 0 Å². The maximum absolute atomic E-state index is 10.9. The lowest BCUT2D eigenvalue weighted by Crippen LogP contribution is -2.07. The summed E-state index contributed by atoms with van der Waals surface area (Å²) in [5.74, 6) is -0.989. The van der Waals surface area contributed by atoms with Crippen molar-refractivity contribution in [2.24, 2.45) is 0 Å². The van der Waals surface area contributed by atoms with Crippen LogP contribution in [0.15, 0.2) is 36.9 Å². The minimum absolute atomic E-state index is 0.381. The van der Waals surface area contributed by atoms with Crippen LogP contribution in [0.2, 0.25) is 0 Å². The van der Waals surface area contributed by atoms with E-state index in [1.807, 2.05) is 0 Å². The number of carbonyl (C=O) groups is 2. The van der Waals surface area contributed by atoms with E-state index in [9.17, 15) is 9.59 Å². The summed E-state index contributed by atoms with van der Waals surface area (Å²) in [5.41, 5.74) is 0.763. The van der Waals surface area contributed by atoms with Crippen LogP contribution in [0, 0.1) is 0 Å². The average molecular weight is 320 g/mol. The molecule has 0 amide bonds. The topological polar surface area (TPSA) is 72.8 Å². The van der Waals surface area contributed by atoms with Crippen molar-refractivity contribution in [2.75, 3.05) is 13.2 Å². The summed E-state index contributed by atoms with van der Waals surface area (Å²) >= 11 is 0. The van der Waals surface area contributed by atoms with Gasteiger partial charge < -0.3 is 14.6 Å². The molecule has 1 unspecified atom stereocenters. The highest BCUT2D eigenvalue weighted by Gasteiger charge is 2.12. The van der Waals surface area contributed by atoms with E-state index in [4.69, 9.17) is 14.6 Å². The maximum Gasteiger partial charge on any atom is 0.330 e. The molecular weight excluding hydrogens is 296 g/mol. The first-order chi connectivity index (χ1) is 11.0. The summed E-state index contributed by atoms with van der Waals surface area (Å²) < 4.78 is 10.5. The summed E-state index contributed by atoms with van der Waals surface area (Å²) in [6.45, 7) is 6.03. The number of carboxylic acids is 1. The van der Waals surface area contributed by atoms with Crippen LogP contribution in [-0.2, 0) is 14.3 Å². The number of hydrogen-bond donors (Lipinski definition) is 1. The quantitative estimate of drug-likeness (QED) is 0.383. The average Bonchev–Trinajstić information content (AvgIpc) is 2.56. The molecule has 1 N–H and O–H groups in total. The summed E-state index contributed by atoms with van der Waals surface area (Å²) in [5, 5.41) is 8.95. The van der Waals surface area contributed by atoms with E-state index >= 15 is 0 Å². The molecule has 0 radical (unpaired) electrons. The second-order valence-corrected chi connectivity index (χ2v) is 5.26. The zero-order chi connectivity index (χ0) is 17.1. The summed E-state index contributed by atoms with van der Waals surface area (Å²) in [4.78, 5) is 21.7. The largest absolute Gasteiger partial charge is 0.494 e. The summed E-state index contributed by atoms with van der Waals surface area (Å²) in [6, 6.07) is 7.15. The predicted molar refractivity (Wildman–Crippen MR) is 87.6 cm³/mol. The number of carbonyl (C=O) groups excluding carboxylic acids is 1. The van der Waals surface area contributed by atoms with Gasteiger partial charge in [0.1, 0.15) is 5.75 Å². The van der Waals surface area contributed by atoms with Gasteiger partial charge in [-0.15, -0.1) is 0 Å². The van der Waals surface area contributed by atoms with Crippen LogP contribution in [-0.4, -0.2) is 30.3 Å². The first-order valence-electron chi connectivity index (χ1n) is 7.79. The van der Waals surface area contributed by atoms with Gasteiger partial charge in [-0.05, 0) is 50.3 Å². The summed E-state index contributed by atoms with van der Waals surface area (Å²) in [6.07, 6.45) is 4.89. The Bertz CT molecular complexity index is 507. The molecule has 1 aromatic rings. The van der Waals surface area contributed by atoms with Gasteiger partial charge in [0.25, 0.3) is 0 Å². The fourth-order valence-electron chi connectivity index (χ4n) is 1.97. The van der Waals surface area contributed by atoms with Crippen molar-refractivity contribution in [2.45, 2.75) is 38.5 Å². The highest BCUT2D eigenvalue weighted by Crippen LogP contribution is 2.19. The molecule has 1 atom stereocenters. The van der Waals surface area contributed by atoms with E-state index < -0.39 is 11.9 Å². The number of hydrogen-bond acceptors (Lipinski definition) is 4. The van der Waals surface area contributed by atoms with Crippen LogP contribution in [0.5, 0.6) is 5.75 Å². The number of rotatable bonds is 11. The highest BCUT2D eigenvalue weighted by molar-refractivity contribution is 5.81. The van der Waals surface area contributed by atoms with Gasteiger partial charge in [-0.1, -0.05) is 18.7 Å². The summed E-state index contributed by atoms with van der Waals surface area (Å²) in [7, 11) is 0. The molecule has 0 aliphatic heterocycles. The smallest absolute Gasteiger partial charge is 0.330 e. The van der Waals surface area contributed by atoms with Crippen molar-refractivity contribution in [1.29, 1.82) is 0 Å². The van der Waals surface area contributed by atoms with E-state index in [1.54, 1.807) is 31.2 Å². The first-order valence-corrected chi connectivity index (χ1v) is 7.79. The molecule has 0 aliphatic carbocycles. The predicted octanol–water partition coefficient (Wildman–Crippen LogP) is 3.54. The van der Waals surface area contributed by atoms with Crippen LogP contribution in [0.4, 0.5) is 0 Å². The standard InChI is InChI=1S/C18H24O5/c1-3-17(19)23-13-7-5-4-6-12-22-16-10-8-15(9-11-16)14(2)18(20)21/h3,8-11,14H,1,4-7,12-13H2,2H3,(H,20,21). The van der Waals surface area contributed by atoms with Crippen molar-refractivity contribution in [3.63, 3.8) is 0 Å². The van der Waals surface area contributed by atoms with Crippen molar-refractivity contribution in [3.05, 3.63) is 42.5 Å². The van der Waals surface area contributed by atoms with Crippen LogP contribution in [0.25, 0.3) is 0 Å². The number of esters is 1. The molecule has 1 aromatic carbocycles. The molecule has 5 nitrogen and oxygen atoms in total. The van der Waals surface area contributed by atoms with E-state index in [-0.39, 0.29) is 5.97 Å². The minimum Gasteiger partial charge on any atom is -0.494 e. The number of unbranched alkanes of at least 4 members (excludes halogenated alkanes) is 3. The van der Waals surface area contributed by atoms with Gasteiger partial charge in [-0.2, -0.15) is 0 Å². The molecule has 0 saturated carbocycles. The lowest BCUT2D eigenvalue weighted by molar-refractivity contribution is -0.139. The van der Waals surface area contributed by atoms with Gasteiger partial charge >= 0.3 is 11.9 Å². The van der Waals surface area contributed by atoms with E-state index in [2.05, 4.69) is 6.58 Å². The van der Waals surface area contributed by atoms with Crippen LogP contribution >= 0.6 is 0 Å². The molecule has 0 aromatic heterocycles. The Labute approximate surface area is 136 Å². The van der Waals surface area contributed by atoms with Crippen molar-refractivity contribution in [1.82, 2.24) is 0 Å². The lowest BCUT2D eigenvalue weighted by Gasteiger charge is -2.09. The third-order valence-electron chi connectivity index (χ3n) is 3.47. The molecular formula is C18H24O5. The SMILES string of the molecule is C=CC(=O)OCCCCCCOc1ccc(C(C)C(=O)O)cc1. The molecule has 0 aliphatic rings. The maximum atomic E-state index is 10.9. The monoisotopic (exact) mass is 320 g/mol. The molecule has 0 saturated heterocycles. The normalized spacial score (nSPS) is 11.5. The van der Waals surface area contributed by atoms with Gasteiger partial charge in [-0.25, -0.2) is 4.79 Å². The number of carboxylic acid groups (broad SMARTS) is 1. The molecule has 0 spiro atoms. The Balaban J connectivity index is 2.13. The van der Waals surface area contributed by atoms with Crippen LogP contribution in [0.1, 0.15) is 44.1 Å². The molecule has 126 valence electrons. The second-order valence-electron chi connectivity index (χ2n) is 5.26. The van der Waals surface area contributed by atoms with Gasteiger partial charge in [0.2, 0.25) is 0 Å². The Kier molecular flexibility index (Phi) is 8.50. The van der Waals surface area contributed by atoms with E-state index in [0.717, 1.165) is 43.1 Å². The zero-order valence-electron chi connectivity index (χ0n) is 13.5. The third-order valence-corrected chi connectivity index (χ3v) is 3.47. The zero-order valence-corrected chi connectivity index (χ0v) is 13.5. The number of benzene rings is 1. The number of aliphatic carboxylic acids is 1.